The molecule has 1 saturated heterocycles. The number of carboxylic acid groups (broad SMARTS) is 1. The van der Waals surface area contributed by atoms with Crippen LogP contribution in [0.25, 0.3) is 0 Å². The quantitative estimate of drug-likeness (QED) is 0.641. The summed E-state index contributed by atoms with van der Waals surface area (Å²) in [5, 5.41) is 9.50. The molecule has 1 aliphatic rings. The van der Waals surface area contributed by atoms with Gasteiger partial charge in [0.05, 0.1) is 31.7 Å². The molecule has 0 aromatic heterocycles. The summed E-state index contributed by atoms with van der Waals surface area (Å²) in [6.45, 7) is 0.811. The molecule has 168 valence electrons. The van der Waals surface area contributed by atoms with Crippen LogP contribution in [0.5, 0.6) is 11.5 Å². The summed E-state index contributed by atoms with van der Waals surface area (Å²) < 4.78 is 50.9. The SMILES string of the molecule is COc1ccc(C(c2cc(C(F)(F)F)ccc2Cl)N2CCC(C(=O)O)CC2)cc1OC. The van der Waals surface area contributed by atoms with Crippen LogP contribution < -0.4 is 9.47 Å². The lowest BCUT2D eigenvalue weighted by molar-refractivity contribution is -0.143. The van der Waals surface area contributed by atoms with Gasteiger partial charge in [-0.3, -0.25) is 9.69 Å². The zero-order valence-corrected chi connectivity index (χ0v) is 17.8. The maximum absolute atomic E-state index is 13.4. The predicted molar refractivity (Wildman–Crippen MR) is 110 cm³/mol. The number of hydrogen-bond donors (Lipinski definition) is 1. The van der Waals surface area contributed by atoms with Gasteiger partial charge in [0.2, 0.25) is 0 Å². The standard InChI is InChI=1S/C22H23ClF3NO4/c1-30-18-6-3-14(11-19(18)31-2)20(27-9-7-13(8-10-27)21(28)29)16-12-15(22(24,25)26)4-5-17(16)23/h3-6,11-13,20H,7-10H2,1-2H3,(H,28,29). The Labute approximate surface area is 183 Å². The average Bonchev–Trinajstić information content (AvgIpc) is 2.74. The summed E-state index contributed by atoms with van der Waals surface area (Å²) in [5.41, 5.74) is 0.183. The lowest BCUT2D eigenvalue weighted by Gasteiger charge is -2.37. The van der Waals surface area contributed by atoms with E-state index in [1.165, 1.54) is 20.3 Å². The van der Waals surface area contributed by atoms with Crippen LogP contribution in [0.4, 0.5) is 13.2 Å². The maximum atomic E-state index is 13.4. The lowest BCUT2D eigenvalue weighted by atomic mass is 9.90. The predicted octanol–water partition coefficient (Wildman–Crippen LogP) is 5.26. The van der Waals surface area contributed by atoms with E-state index >= 15 is 0 Å². The van der Waals surface area contributed by atoms with Crippen molar-refractivity contribution in [1.82, 2.24) is 4.90 Å². The number of halogens is 4. The van der Waals surface area contributed by atoms with Gasteiger partial charge >= 0.3 is 12.1 Å². The first-order valence-corrected chi connectivity index (χ1v) is 10.1. The number of ether oxygens (including phenoxy) is 2. The fourth-order valence-electron chi connectivity index (χ4n) is 3.94. The fourth-order valence-corrected chi connectivity index (χ4v) is 4.17. The minimum Gasteiger partial charge on any atom is -0.493 e. The maximum Gasteiger partial charge on any atom is 0.416 e. The second-order valence-corrected chi connectivity index (χ2v) is 7.81. The van der Waals surface area contributed by atoms with Gasteiger partial charge in [-0.25, -0.2) is 0 Å². The van der Waals surface area contributed by atoms with E-state index < -0.39 is 29.7 Å². The van der Waals surface area contributed by atoms with Crippen LogP contribution in [-0.2, 0) is 11.0 Å². The van der Waals surface area contributed by atoms with E-state index in [2.05, 4.69) is 0 Å². The van der Waals surface area contributed by atoms with Crippen molar-refractivity contribution >= 4 is 17.6 Å². The van der Waals surface area contributed by atoms with Gasteiger partial charge in [0.25, 0.3) is 0 Å². The Kier molecular flexibility index (Phi) is 7.01. The number of aliphatic carboxylic acids is 1. The molecule has 2 aromatic carbocycles. The van der Waals surface area contributed by atoms with E-state index in [0.29, 0.717) is 48.6 Å². The molecule has 0 saturated carbocycles. The second-order valence-electron chi connectivity index (χ2n) is 7.40. The van der Waals surface area contributed by atoms with Gasteiger partial charge in [-0.1, -0.05) is 17.7 Å². The highest BCUT2D eigenvalue weighted by Gasteiger charge is 2.35. The molecule has 0 radical (unpaired) electrons. The smallest absolute Gasteiger partial charge is 0.416 e. The second kappa shape index (κ2) is 9.36. The molecule has 9 heteroatoms. The Morgan fingerprint density at radius 3 is 2.29 bits per heavy atom. The van der Waals surface area contributed by atoms with Gasteiger partial charge in [0.15, 0.2) is 11.5 Å². The van der Waals surface area contributed by atoms with Gasteiger partial charge < -0.3 is 14.6 Å². The number of carbonyl (C=O) groups is 1. The molecular formula is C22H23ClF3NO4. The van der Waals surface area contributed by atoms with Crippen molar-refractivity contribution in [2.24, 2.45) is 5.92 Å². The molecule has 0 amide bonds. The van der Waals surface area contributed by atoms with Crippen LogP contribution in [0, 0.1) is 5.92 Å². The first-order valence-electron chi connectivity index (χ1n) is 9.71. The third kappa shape index (κ3) is 5.07. The molecule has 0 bridgehead atoms. The van der Waals surface area contributed by atoms with Crippen molar-refractivity contribution in [3.05, 3.63) is 58.1 Å². The van der Waals surface area contributed by atoms with Crippen molar-refractivity contribution in [3.8, 4) is 11.5 Å². The third-order valence-electron chi connectivity index (χ3n) is 5.59. The number of alkyl halides is 3. The fraction of sp³-hybridized carbons (Fsp3) is 0.409. The van der Waals surface area contributed by atoms with Crippen LogP contribution in [0.3, 0.4) is 0 Å². The first kappa shape index (κ1) is 23.2. The van der Waals surface area contributed by atoms with Gasteiger partial charge in [0, 0.05) is 5.02 Å². The first-order chi connectivity index (χ1) is 14.7. The van der Waals surface area contributed by atoms with Crippen LogP contribution >= 0.6 is 11.6 Å². The molecule has 1 atom stereocenters. The monoisotopic (exact) mass is 457 g/mol. The van der Waals surface area contributed by atoms with Crippen LogP contribution in [0.2, 0.25) is 5.02 Å². The van der Waals surface area contributed by atoms with E-state index in [-0.39, 0.29) is 5.02 Å². The minimum absolute atomic E-state index is 0.202. The molecule has 2 aromatic rings. The Morgan fingerprint density at radius 2 is 1.74 bits per heavy atom. The van der Waals surface area contributed by atoms with E-state index in [9.17, 15) is 23.1 Å². The van der Waals surface area contributed by atoms with Gasteiger partial charge in [-0.05, 0) is 67.4 Å². The Bertz CT molecular complexity index is 943. The third-order valence-corrected chi connectivity index (χ3v) is 5.93. The zero-order chi connectivity index (χ0) is 22.8. The number of hydrogen-bond acceptors (Lipinski definition) is 4. The number of carboxylic acids is 1. The minimum atomic E-state index is -4.52. The molecule has 1 N–H and O–H groups in total. The molecule has 1 aliphatic heterocycles. The van der Waals surface area contributed by atoms with Gasteiger partial charge in [-0.2, -0.15) is 13.2 Å². The average molecular weight is 458 g/mol. The Morgan fingerprint density at radius 1 is 1.10 bits per heavy atom. The Hall–Kier alpha value is -2.45. The number of likely N-dealkylation sites (tertiary alicyclic amines) is 1. The van der Waals surface area contributed by atoms with Gasteiger partial charge in [0.1, 0.15) is 0 Å². The molecule has 1 fully saturated rings. The van der Waals surface area contributed by atoms with Crippen LogP contribution in [0.1, 0.15) is 35.6 Å². The molecule has 5 nitrogen and oxygen atoms in total. The number of methoxy groups -OCH3 is 2. The van der Waals surface area contributed by atoms with E-state index in [4.69, 9.17) is 21.1 Å². The summed E-state index contributed by atoms with van der Waals surface area (Å²) in [6, 6.07) is 7.81. The highest BCUT2D eigenvalue weighted by Crippen LogP contribution is 2.41. The highest BCUT2D eigenvalue weighted by atomic mass is 35.5. The molecule has 1 heterocycles. The van der Waals surface area contributed by atoms with Crippen molar-refractivity contribution in [2.75, 3.05) is 27.3 Å². The largest absolute Gasteiger partial charge is 0.493 e. The normalized spacial score (nSPS) is 16.7. The van der Waals surface area contributed by atoms with E-state index in [1.807, 2.05) is 4.90 Å². The summed E-state index contributed by atoms with van der Waals surface area (Å²) >= 11 is 6.38. The molecule has 0 spiro atoms. The summed E-state index contributed by atoms with van der Waals surface area (Å²) in [5.74, 6) is -0.406. The van der Waals surface area contributed by atoms with Crippen molar-refractivity contribution in [1.29, 1.82) is 0 Å². The summed E-state index contributed by atoms with van der Waals surface area (Å²) in [7, 11) is 2.97. The number of piperidine rings is 1. The van der Waals surface area contributed by atoms with Crippen LogP contribution in [0.15, 0.2) is 36.4 Å². The van der Waals surface area contributed by atoms with Crippen molar-refractivity contribution in [3.63, 3.8) is 0 Å². The molecule has 31 heavy (non-hydrogen) atoms. The van der Waals surface area contributed by atoms with Crippen molar-refractivity contribution < 1.29 is 32.5 Å². The van der Waals surface area contributed by atoms with Gasteiger partial charge in [-0.15, -0.1) is 0 Å². The molecule has 0 aliphatic carbocycles. The lowest BCUT2D eigenvalue weighted by Crippen LogP contribution is -2.39. The van der Waals surface area contributed by atoms with E-state index in [0.717, 1.165) is 12.1 Å². The number of benzene rings is 2. The highest BCUT2D eigenvalue weighted by molar-refractivity contribution is 6.31. The molecule has 3 rings (SSSR count). The molecule has 1 unspecified atom stereocenters. The topological polar surface area (TPSA) is 59.0 Å². The summed E-state index contributed by atoms with van der Waals surface area (Å²) in [4.78, 5) is 13.3. The van der Waals surface area contributed by atoms with Crippen LogP contribution in [-0.4, -0.2) is 43.3 Å². The molecular weight excluding hydrogens is 435 g/mol. The number of nitrogens with zero attached hydrogens (tertiary/aromatic N) is 1. The van der Waals surface area contributed by atoms with E-state index in [1.54, 1.807) is 18.2 Å². The number of rotatable bonds is 6. The summed E-state index contributed by atoms with van der Waals surface area (Å²) in [6.07, 6.45) is -3.72. The van der Waals surface area contributed by atoms with Crippen molar-refractivity contribution in [2.45, 2.75) is 25.1 Å². The zero-order valence-electron chi connectivity index (χ0n) is 17.1. The Balaban J connectivity index is 2.09.